The van der Waals surface area contributed by atoms with Gasteiger partial charge in [0.2, 0.25) is 5.91 Å². The van der Waals surface area contributed by atoms with E-state index in [4.69, 9.17) is 0 Å². The lowest BCUT2D eigenvalue weighted by Gasteiger charge is -2.43. The van der Waals surface area contributed by atoms with Crippen LogP contribution in [0.5, 0.6) is 0 Å². The van der Waals surface area contributed by atoms with Gasteiger partial charge >= 0.3 is 17.9 Å². The molecule has 0 saturated heterocycles. The number of nitrogens with one attached hydrogen (secondary N) is 1. The molecule has 0 bridgehead atoms. The minimum Gasteiger partial charge on any atom is -0.480 e. The molecule has 0 aromatic heterocycles. The van der Waals surface area contributed by atoms with Gasteiger partial charge in [-0.15, -0.1) is 0 Å². The molecule has 11 nitrogen and oxygen atoms in total. The molecule has 0 aliphatic heterocycles. The number of Topliss-reactive ketones (excluding diaryl/α,β-unsaturated/α-hetero) is 1. The van der Waals surface area contributed by atoms with Crippen LogP contribution in [0.1, 0.15) is 52.4 Å². The number of nitrogens with zero attached hydrogens (tertiary/aromatic N) is 2. The van der Waals surface area contributed by atoms with E-state index in [0.717, 1.165) is 12.8 Å². The highest BCUT2D eigenvalue weighted by atomic mass is 16.4. The van der Waals surface area contributed by atoms with Gasteiger partial charge in [-0.2, -0.15) is 0 Å². The summed E-state index contributed by atoms with van der Waals surface area (Å²) >= 11 is 0. The van der Waals surface area contributed by atoms with Gasteiger partial charge in [-0.05, 0) is 18.8 Å². The van der Waals surface area contributed by atoms with Crippen molar-refractivity contribution in [3.05, 3.63) is 0 Å². The average Bonchev–Trinajstić information content (AvgIpc) is 2.65. The molecule has 0 aromatic rings. The third kappa shape index (κ3) is 10.7. The summed E-state index contributed by atoms with van der Waals surface area (Å²) in [6.07, 6.45) is 3.16. The van der Waals surface area contributed by atoms with Crippen LogP contribution in [0.25, 0.3) is 0 Å². The quantitative estimate of drug-likeness (QED) is 0.268. The second-order valence-electron chi connectivity index (χ2n) is 8.65. The molecule has 0 radical (unpaired) electrons. The van der Waals surface area contributed by atoms with Gasteiger partial charge in [-0.1, -0.05) is 26.7 Å². The second kappa shape index (κ2) is 13.8. The van der Waals surface area contributed by atoms with Gasteiger partial charge in [0.25, 0.3) is 0 Å². The molecule has 32 heavy (non-hydrogen) atoms. The summed E-state index contributed by atoms with van der Waals surface area (Å²) in [6, 6.07) is -0.984. The predicted molar refractivity (Wildman–Crippen MR) is 114 cm³/mol. The number of carbonyl (C=O) groups is 5. The first kappa shape index (κ1) is 27.5. The van der Waals surface area contributed by atoms with E-state index in [-0.39, 0.29) is 31.2 Å². The number of hydrogen-bond donors (Lipinski definition) is 4. The highest BCUT2D eigenvalue weighted by Gasteiger charge is 2.37. The molecule has 1 rings (SSSR count). The molecule has 182 valence electrons. The SMILES string of the molecule is CC(C)CC(=O)CCNC(=O)CN(CC(=O)O)C1CCCCC1N(CC(=O)O)CC(=O)O. The van der Waals surface area contributed by atoms with Crippen molar-refractivity contribution in [1.29, 1.82) is 0 Å². The van der Waals surface area contributed by atoms with Crippen molar-refractivity contribution in [2.45, 2.75) is 64.5 Å². The Hall–Kier alpha value is -2.53. The molecule has 1 amide bonds. The van der Waals surface area contributed by atoms with E-state index < -0.39 is 55.5 Å². The predicted octanol–water partition coefficient (Wildman–Crippen LogP) is 0.277. The van der Waals surface area contributed by atoms with Crippen molar-refractivity contribution in [2.75, 3.05) is 32.7 Å². The van der Waals surface area contributed by atoms with E-state index in [0.29, 0.717) is 19.3 Å². The number of rotatable bonds is 15. The average molecular weight is 458 g/mol. The first-order chi connectivity index (χ1) is 15.0. The Morgan fingerprint density at radius 2 is 1.25 bits per heavy atom. The van der Waals surface area contributed by atoms with Crippen molar-refractivity contribution in [2.24, 2.45) is 5.92 Å². The summed E-state index contributed by atoms with van der Waals surface area (Å²) in [5, 5.41) is 30.4. The summed E-state index contributed by atoms with van der Waals surface area (Å²) in [5.41, 5.74) is 0. The number of carbonyl (C=O) groups excluding carboxylic acids is 2. The fraction of sp³-hybridized carbons (Fsp3) is 0.762. The number of hydrogen-bond acceptors (Lipinski definition) is 7. The Labute approximate surface area is 187 Å². The van der Waals surface area contributed by atoms with Crippen LogP contribution in [0.3, 0.4) is 0 Å². The fourth-order valence-corrected chi connectivity index (χ4v) is 4.18. The van der Waals surface area contributed by atoms with Crippen molar-refractivity contribution in [1.82, 2.24) is 15.1 Å². The maximum absolute atomic E-state index is 12.5. The smallest absolute Gasteiger partial charge is 0.317 e. The normalized spacial score (nSPS) is 18.7. The van der Waals surface area contributed by atoms with E-state index >= 15 is 0 Å². The van der Waals surface area contributed by atoms with Crippen molar-refractivity contribution in [3.63, 3.8) is 0 Å². The Bertz CT molecular complexity index is 666. The Balaban J connectivity index is 2.88. The highest BCUT2D eigenvalue weighted by Crippen LogP contribution is 2.27. The molecule has 1 saturated carbocycles. The zero-order valence-electron chi connectivity index (χ0n) is 18.8. The van der Waals surface area contributed by atoms with Crippen LogP contribution in [0, 0.1) is 5.92 Å². The molecular weight excluding hydrogens is 422 g/mol. The molecule has 4 N–H and O–H groups in total. The van der Waals surface area contributed by atoms with E-state index in [1.807, 2.05) is 13.8 Å². The molecule has 1 aliphatic rings. The molecule has 0 aromatic carbocycles. The number of ketones is 1. The lowest BCUT2D eigenvalue weighted by atomic mass is 9.87. The van der Waals surface area contributed by atoms with Gasteiger partial charge in [-0.3, -0.25) is 33.8 Å². The molecule has 1 fully saturated rings. The van der Waals surface area contributed by atoms with Crippen LogP contribution in [0.2, 0.25) is 0 Å². The first-order valence-electron chi connectivity index (χ1n) is 10.9. The highest BCUT2D eigenvalue weighted by molar-refractivity contribution is 5.81. The molecular formula is C21H35N3O8. The third-order valence-electron chi connectivity index (χ3n) is 5.36. The first-order valence-corrected chi connectivity index (χ1v) is 10.9. The van der Waals surface area contributed by atoms with Gasteiger partial charge in [0, 0.05) is 31.5 Å². The third-order valence-corrected chi connectivity index (χ3v) is 5.36. The Morgan fingerprint density at radius 1 is 0.812 bits per heavy atom. The monoisotopic (exact) mass is 457 g/mol. The molecule has 1 aliphatic carbocycles. The zero-order valence-corrected chi connectivity index (χ0v) is 18.8. The second-order valence-corrected chi connectivity index (χ2v) is 8.65. The maximum atomic E-state index is 12.5. The summed E-state index contributed by atoms with van der Waals surface area (Å²) in [4.78, 5) is 61.0. The van der Waals surface area contributed by atoms with Gasteiger partial charge in [0.1, 0.15) is 5.78 Å². The van der Waals surface area contributed by atoms with Crippen LogP contribution >= 0.6 is 0 Å². The molecule has 2 unspecified atom stereocenters. The van der Waals surface area contributed by atoms with Crippen molar-refractivity contribution >= 4 is 29.6 Å². The van der Waals surface area contributed by atoms with E-state index in [1.165, 1.54) is 9.80 Å². The molecule has 11 heteroatoms. The lowest BCUT2D eigenvalue weighted by Crippen LogP contribution is -2.58. The maximum Gasteiger partial charge on any atom is 0.317 e. The van der Waals surface area contributed by atoms with Crippen LogP contribution < -0.4 is 5.32 Å². The largest absolute Gasteiger partial charge is 0.480 e. The summed E-state index contributed by atoms with van der Waals surface area (Å²) in [6.45, 7) is 2.37. The standard InChI is InChI=1S/C21H35N3O8/c1-14(2)9-15(25)7-8-22-18(26)10-23(11-19(27)28)16-5-3-4-6-17(16)24(12-20(29)30)13-21(31)32/h14,16-17H,3-13H2,1-2H3,(H,22,26)(H,27,28)(H,29,30)(H,31,32). The lowest BCUT2D eigenvalue weighted by molar-refractivity contribution is -0.147. The summed E-state index contributed by atoms with van der Waals surface area (Å²) in [5.74, 6) is -3.67. The minimum absolute atomic E-state index is 0.0352. The van der Waals surface area contributed by atoms with Gasteiger partial charge in [-0.25, -0.2) is 0 Å². The molecule has 2 atom stereocenters. The number of carboxylic acids is 3. The zero-order chi connectivity index (χ0) is 24.3. The molecule has 0 spiro atoms. The number of amides is 1. The van der Waals surface area contributed by atoms with E-state index in [1.54, 1.807) is 0 Å². The van der Waals surface area contributed by atoms with Crippen LogP contribution in [-0.2, 0) is 24.0 Å². The van der Waals surface area contributed by atoms with Gasteiger partial charge in [0.15, 0.2) is 0 Å². The van der Waals surface area contributed by atoms with E-state index in [9.17, 15) is 39.3 Å². The van der Waals surface area contributed by atoms with E-state index in [2.05, 4.69) is 5.32 Å². The van der Waals surface area contributed by atoms with Crippen LogP contribution in [0.4, 0.5) is 0 Å². The molecule has 0 heterocycles. The van der Waals surface area contributed by atoms with Crippen molar-refractivity contribution < 1.29 is 39.3 Å². The van der Waals surface area contributed by atoms with Gasteiger partial charge < -0.3 is 20.6 Å². The summed E-state index contributed by atoms with van der Waals surface area (Å²) in [7, 11) is 0. The van der Waals surface area contributed by atoms with Crippen molar-refractivity contribution in [3.8, 4) is 0 Å². The number of carboxylic acid groups (broad SMARTS) is 3. The van der Waals surface area contributed by atoms with Gasteiger partial charge in [0.05, 0.1) is 26.2 Å². The minimum atomic E-state index is -1.18. The van der Waals surface area contributed by atoms with Crippen LogP contribution in [-0.4, -0.2) is 99.5 Å². The Kier molecular flexibility index (Phi) is 11.9. The Morgan fingerprint density at radius 3 is 1.66 bits per heavy atom. The number of aliphatic carboxylic acids is 3. The fourth-order valence-electron chi connectivity index (χ4n) is 4.18. The topological polar surface area (TPSA) is 165 Å². The summed E-state index contributed by atoms with van der Waals surface area (Å²) < 4.78 is 0. The van der Waals surface area contributed by atoms with Crippen LogP contribution in [0.15, 0.2) is 0 Å².